The van der Waals surface area contributed by atoms with E-state index in [1.165, 1.54) is 54.1 Å². The molecule has 0 spiro atoms. The van der Waals surface area contributed by atoms with Crippen molar-refractivity contribution < 1.29 is 0 Å². The molecule has 0 amide bonds. The molecule has 1 N–H and O–H groups in total. The van der Waals surface area contributed by atoms with Gasteiger partial charge in [0.15, 0.2) is 0 Å². The molecule has 2 aromatic heterocycles. The number of nitrogens with zero attached hydrogens (tertiary/aromatic N) is 1. The van der Waals surface area contributed by atoms with Crippen molar-refractivity contribution >= 4 is 22.2 Å². The lowest BCUT2D eigenvalue weighted by atomic mass is 9.71. The summed E-state index contributed by atoms with van der Waals surface area (Å²) in [5.74, 6) is 0. The number of thiazole rings is 1. The van der Waals surface area contributed by atoms with Crippen LogP contribution in [0, 0.1) is 6.92 Å². The van der Waals surface area contributed by atoms with Crippen molar-refractivity contribution in [3.05, 3.63) is 40.3 Å². The first-order valence-electron chi connectivity index (χ1n) is 8.20. The van der Waals surface area contributed by atoms with Gasteiger partial charge in [-0.2, -0.15) is 0 Å². The van der Waals surface area contributed by atoms with Crippen LogP contribution in [0.2, 0.25) is 0 Å². The van der Waals surface area contributed by atoms with E-state index in [2.05, 4.69) is 53.6 Å². The third-order valence-corrected chi connectivity index (χ3v) is 5.99. The molecular weight excluding hydrogens is 288 g/mol. The highest BCUT2D eigenvalue weighted by Crippen LogP contribution is 2.43. The average Bonchev–Trinajstić information content (AvgIpc) is 3.14. The summed E-state index contributed by atoms with van der Waals surface area (Å²) in [5.41, 5.74) is 5.39. The minimum atomic E-state index is 0.327. The Bertz CT molecular complexity index is 806. The zero-order chi connectivity index (χ0) is 15.2. The second-order valence-corrected chi connectivity index (χ2v) is 7.87. The molecule has 2 nitrogen and oxygen atoms in total. The van der Waals surface area contributed by atoms with Gasteiger partial charge in [-0.1, -0.05) is 44.4 Å². The van der Waals surface area contributed by atoms with Gasteiger partial charge >= 0.3 is 0 Å². The van der Waals surface area contributed by atoms with Crippen molar-refractivity contribution in [3.8, 4) is 11.3 Å². The molecule has 1 fully saturated rings. The Morgan fingerprint density at radius 3 is 2.73 bits per heavy atom. The number of aromatic amines is 1. The van der Waals surface area contributed by atoms with Crippen molar-refractivity contribution in [3.63, 3.8) is 0 Å². The van der Waals surface area contributed by atoms with Gasteiger partial charge < -0.3 is 4.98 Å². The van der Waals surface area contributed by atoms with Gasteiger partial charge in [-0.15, -0.1) is 11.3 Å². The van der Waals surface area contributed by atoms with Crippen LogP contribution in [0.15, 0.2) is 29.8 Å². The molecule has 3 aromatic rings. The predicted octanol–water partition coefficient (Wildman–Crippen LogP) is 5.82. The Kier molecular flexibility index (Phi) is 3.33. The molecule has 1 aromatic carbocycles. The highest BCUT2D eigenvalue weighted by molar-refractivity contribution is 7.09. The summed E-state index contributed by atoms with van der Waals surface area (Å²) >= 11 is 1.72. The fourth-order valence-corrected chi connectivity index (χ4v) is 4.57. The van der Waals surface area contributed by atoms with E-state index in [0.29, 0.717) is 5.41 Å². The first-order valence-corrected chi connectivity index (χ1v) is 9.08. The number of hydrogen-bond acceptors (Lipinski definition) is 2. The third-order valence-electron chi connectivity index (χ3n) is 5.22. The van der Waals surface area contributed by atoms with Crippen molar-refractivity contribution in [1.82, 2.24) is 9.97 Å². The SMILES string of the molecule is Cc1nc(-c2cccc3c(C4(C)CCCCC4)c[nH]c23)cs1. The van der Waals surface area contributed by atoms with Gasteiger partial charge in [0, 0.05) is 22.5 Å². The van der Waals surface area contributed by atoms with Crippen LogP contribution in [0.5, 0.6) is 0 Å². The normalized spacial score (nSPS) is 17.9. The first-order chi connectivity index (χ1) is 10.7. The maximum Gasteiger partial charge on any atom is 0.0901 e. The van der Waals surface area contributed by atoms with Crippen LogP contribution < -0.4 is 0 Å². The standard InChI is InChI=1S/C19H22N2S/c1-13-21-17(12-22-13)15-8-6-7-14-16(11-20-18(14)15)19(2)9-4-3-5-10-19/h6-8,11-12,20H,3-5,9-10H2,1-2H3. The summed E-state index contributed by atoms with van der Waals surface area (Å²) in [6, 6.07) is 6.62. The number of hydrogen-bond donors (Lipinski definition) is 1. The van der Waals surface area contributed by atoms with Crippen LogP contribution in [0.1, 0.15) is 49.6 Å². The molecule has 0 radical (unpaired) electrons. The van der Waals surface area contributed by atoms with Crippen molar-refractivity contribution in [2.45, 2.75) is 51.4 Å². The van der Waals surface area contributed by atoms with E-state index >= 15 is 0 Å². The van der Waals surface area contributed by atoms with Gasteiger partial charge in [0.25, 0.3) is 0 Å². The Balaban J connectivity index is 1.86. The molecule has 0 atom stereocenters. The molecule has 0 aliphatic heterocycles. The van der Waals surface area contributed by atoms with E-state index in [0.717, 1.165) is 10.7 Å². The molecule has 114 valence electrons. The van der Waals surface area contributed by atoms with Crippen LogP contribution in [0.3, 0.4) is 0 Å². The number of fused-ring (bicyclic) bond motifs is 1. The smallest absolute Gasteiger partial charge is 0.0901 e. The van der Waals surface area contributed by atoms with E-state index in [9.17, 15) is 0 Å². The molecule has 1 saturated carbocycles. The van der Waals surface area contributed by atoms with Gasteiger partial charge in [-0.3, -0.25) is 0 Å². The lowest BCUT2D eigenvalue weighted by molar-refractivity contribution is 0.322. The Morgan fingerprint density at radius 1 is 1.18 bits per heavy atom. The number of para-hydroxylation sites is 1. The summed E-state index contributed by atoms with van der Waals surface area (Å²) in [6.07, 6.45) is 8.96. The third kappa shape index (κ3) is 2.19. The highest BCUT2D eigenvalue weighted by Gasteiger charge is 2.31. The van der Waals surface area contributed by atoms with Gasteiger partial charge in [0.2, 0.25) is 0 Å². The lowest BCUT2D eigenvalue weighted by Gasteiger charge is -2.33. The molecule has 1 aliphatic rings. The Labute approximate surface area is 135 Å². The van der Waals surface area contributed by atoms with E-state index in [-0.39, 0.29) is 0 Å². The van der Waals surface area contributed by atoms with Crippen LogP contribution >= 0.6 is 11.3 Å². The number of nitrogens with one attached hydrogen (secondary N) is 1. The maximum absolute atomic E-state index is 4.67. The van der Waals surface area contributed by atoms with Gasteiger partial charge in [-0.05, 0) is 30.7 Å². The van der Waals surface area contributed by atoms with Crippen LogP contribution in [-0.2, 0) is 5.41 Å². The fourth-order valence-electron chi connectivity index (χ4n) is 3.96. The van der Waals surface area contributed by atoms with Crippen LogP contribution in [-0.4, -0.2) is 9.97 Å². The predicted molar refractivity (Wildman–Crippen MR) is 94.6 cm³/mol. The second kappa shape index (κ2) is 5.24. The van der Waals surface area contributed by atoms with Gasteiger partial charge in [0.05, 0.1) is 16.2 Å². The number of rotatable bonds is 2. The molecule has 22 heavy (non-hydrogen) atoms. The van der Waals surface area contributed by atoms with Crippen molar-refractivity contribution in [1.29, 1.82) is 0 Å². The molecule has 0 saturated heterocycles. The summed E-state index contributed by atoms with van der Waals surface area (Å²) in [5, 5.41) is 4.66. The van der Waals surface area contributed by atoms with E-state index < -0.39 is 0 Å². The molecule has 4 rings (SSSR count). The Morgan fingerprint density at radius 2 is 2.00 bits per heavy atom. The number of aromatic nitrogens is 2. The summed E-state index contributed by atoms with van der Waals surface area (Å²) in [7, 11) is 0. The highest BCUT2D eigenvalue weighted by atomic mass is 32.1. The van der Waals surface area contributed by atoms with Gasteiger partial charge in [0.1, 0.15) is 0 Å². The minimum Gasteiger partial charge on any atom is -0.360 e. The van der Waals surface area contributed by atoms with Gasteiger partial charge in [-0.25, -0.2) is 4.98 Å². The zero-order valence-corrected chi connectivity index (χ0v) is 14.1. The number of H-pyrrole nitrogens is 1. The van der Waals surface area contributed by atoms with Crippen molar-refractivity contribution in [2.75, 3.05) is 0 Å². The lowest BCUT2D eigenvalue weighted by Crippen LogP contribution is -2.24. The molecule has 3 heteroatoms. The summed E-state index contributed by atoms with van der Waals surface area (Å²) in [6.45, 7) is 4.51. The Hall–Kier alpha value is -1.61. The summed E-state index contributed by atoms with van der Waals surface area (Å²) < 4.78 is 0. The van der Waals surface area contributed by atoms with Crippen molar-refractivity contribution in [2.24, 2.45) is 0 Å². The molecule has 2 heterocycles. The topological polar surface area (TPSA) is 28.7 Å². The second-order valence-electron chi connectivity index (χ2n) is 6.80. The molecule has 0 unspecified atom stereocenters. The quantitative estimate of drug-likeness (QED) is 0.634. The van der Waals surface area contributed by atoms with E-state index in [1.807, 2.05) is 0 Å². The number of benzene rings is 1. The summed E-state index contributed by atoms with van der Waals surface area (Å²) in [4.78, 5) is 8.22. The first kappa shape index (κ1) is 14.0. The monoisotopic (exact) mass is 310 g/mol. The largest absolute Gasteiger partial charge is 0.360 e. The molecule has 0 bridgehead atoms. The molecule has 1 aliphatic carbocycles. The minimum absolute atomic E-state index is 0.327. The zero-order valence-electron chi connectivity index (χ0n) is 13.3. The average molecular weight is 310 g/mol. The maximum atomic E-state index is 4.67. The molecular formula is C19H22N2S. The number of aryl methyl sites for hydroxylation is 1. The van der Waals surface area contributed by atoms with Crippen LogP contribution in [0.4, 0.5) is 0 Å². The van der Waals surface area contributed by atoms with Crippen LogP contribution in [0.25, 0.3) is 22.2 Å². The van der Waals surface area contributed by atoms with E-state index in [1.54, 1.807) is 11.3 Å². The fraction of sp³-hybridized carbons (Fsp3) is 0.421. The van der Waals surface area contributed by atoms with E-state index in [4.69, 9.17) is 0 Å².